The maximum Gasteiger partial charge on any atom is 0.247 e. The minimum atomic E-state index is -3.75. The molecule has 0 saturated carbocycles. The summed E-state index contributed by atoms with van der Waals surface area (Å²) in [5, 5.41) is 3.33. The highest BCUT2D eigenvalue weighted by Crippen LogP contribution is 2.37. The van der Waals surface area contributed by atoms with Crippen molar-refractivity contribution >= 4 is 22.4 Å². The lowest BCUT2D eigenvalue weighted by Crippen LogP contribution is -2.33. The van der Waals surface area contributed by atoms with Gasteiger partial charge in [0.05, 0.1) is 21.3 Å². The third kappa shape index (κ3) is 5.64. The Morgan fingerprint density at radius 3 is 2.28 bits per heavy atom. The predicted octanol–water partition coefficient (Wildman–Crippen LogP) is 1.80. The lowest BCUT2D eigenvalue weighted by molar-refractivity contribution is 0.354. The number of rotatable bonds is 8. The van der Waals surface area contributed by atoms with Crippen molar-refractivity contribution in [1.29, 1.82) is 0 Å². The first-order chi connectivity index (χ1) is 11.5. The SMILES string of the molecule is COc1cc(OC)c(S(=O)(=O)NCCC2CCCNC2)c(OC)c1.Cl. The van der Waals surface area contributed by atoms with Crippen LogP contribution in [0.15, 0.2) is 17.0 Å². The molecule has 7 nitrogen and oxygen atoms in total. The van der Waals surface area contributed by atoms with Gasteiger partial charge in [-0.1, -0.05) is 0 Å². The summed E-state index contributed by atoms with van der Waals surface area (Å²) in [5.74, 6) is 1.35. The fourth-order valence-corrected chi connectivity index (χ4v) is 4.22. The van der Waals surface area contributed by atoms with Crippen molar-refractivity contribution in [2.24, 2.45) is 5.92 Å². The van der Waals surface area contributed by atoms with Crippen LogP contribution in [0, 0.1) is 5.92 Å². The van der Waals surface area contributed by atoms with Gasteiger partial charge in [0.2, 0.25) is 10.0 Å². The van der Waals surface area contributed by atoms with E-state index in [2.05, 4.69) is 10.0 Å². The first-order valence-corrected chi connectivity index (χ1v) is 9.50. The average Bonchev–Trinajstić information content (AvgIpc) is 2.61. The molecule has 1 unspecified atom stereocenters. The molecule has 0 radical (unpaired) electrons. The van der Waals surface area contributed by atoms with Crippen LogP contribution in [-0.2, 0) is 10.0 Å². The summed E-state index contributed by atoms with van der Waals surface area (Å²) in [6.45, 7) is 2.37. The Morgan fingerprint density at radius 1 is 1.16 bits per heavy atom. The summed E-state index contributed by atoms with van der Waals surface area (Å²) < 4.78 is 43.7. The van der Waals surface area contributed by atoms with Gasteiger partial charge in [-0.25, -0.2) is 13.1 Å². The molecular formula is C16H27ClN2O5S. The van der Waals surface area contributed by atoms with Crippen LogP contribution < -0.4 is 24.2 Å². The topological polar surface area (TPSA) is 85.9 Å². The van der Waals surface area contributed by atoms with Crippen LogP contribution in [0.25, 0.3) is 0 Å². The molecule has 1 saturated heterocycles. The van der Waals surface area contributed by atoms with Gasteiger partial charge in [-0.3, -0.25) is 0 Å². The van der Waals surface area contributed by atoms with Crippen molar-refractivity contribution in [3.05, 3.63) is 12.1 Å². The van der Waals surface area contributed by atoms with Crippen molar-refractivity contribution in [2.75, 3.05) is 41.0 Å². The van der Waals surface area contributed by atoms with E-state index in [1.807, 2.05) is 0 Å². The quantitative estimate of drug-likeness (QED) is 0.699. The van der Waals surface area contributed by atoms with Crippen molar-refractivity contribution in [1.82, 2.24) is 10.0 Å². The fraction of sp³-hybridized carbons (Fsp3) is 0.625. The first kappa shape index (κ1) is 21.8. The molecule has 0 amide bonds. The molecule has 0 spiro atoms. The van der Waals surface area contributed by atoms with Gasteiger partial charge in [0.1, 0.15) is 17.2 Å². The predicted molar refractivity (Wildman–Crippen MR) is 98.7 cm³/mol. The molecule has 1 aromatic carbocycles. The van der Waals surface area contributed by atoms with E-state index in [-0.39, 0.29) is 28.8 Å². The Hall–Kier alpha value is -1.22. The molecule has 2 N–H and O–H groups in total. The van der Waals surface area contributed by atoms with Crippen molar-refractivity contribution < 1.29 is 22.6 Å². The number of hydrogen-bond acceptors (Lipinski definition) is 6. The number of benzene rings is 1. The van der Waals surface area contributed by atoms with Gasteiger partial charge in [0.25, 0.3) is 0 Å². The van der Waals surface area contributed by atoms with E-state index < -0.39 is 10.0 Å². The number of methoxy groups -OCH3 is 3. The van der Waals surface area contributed by atoms with Crippen molar-refractivity contribution in [3.8, 4) is 17.2 Å². The van der Waals surface area contributed by atoms with Crippen LogP contribution in [-0.4, -0.2) is 49.4 Å². The molecule has 144 valence electrons. The summed E-state index contributed by atoms with van der Waals surface area (Å²) in [7, 11) is 0.586. The highest BCUT2D eigenvalue weighted by molar-refractivity contribution is 7.89. The monoisotopic (exact) mass is 394 g/mol. The minimum Gasteiger partial charge on any atom is -0.496 e. The second-order valence-electron chi connectivity index (χ2n) is 5.76. The van der Waals surface area contributed by atoms with Gasteiger partial charge >= 0.3 is 0 Å². The van der Waals surface area contributed by atoms with Gasteiger partial charge in [0, 0.05) is 18.7 Å². The molecule has 1 heterocycles. The lowest BCUT2D eigenvalue weighted by atomic mass is 9.96. The third-order valence-electron chi connectivity index (χ3n) is 4.18. The summed E-state index contributed by atoms with van der Waals surface area (Å²) in [4.78, 5) is -0.00457. The summed E-state index contributed by atoms with van der Waals surface area (Å²) >= 11 is 0. The zero-order chi connectivity index (χ0) is 17.6. The number of halogens is 1. The number of ether oxygens (including phenoxy) is 3. The minimum absolute atomic E-state index is 0. The van der Waals surface area contributed by atoms with E-state index in [1.54, 1.807) is 0 Å². The highest BCUT2D eigenvalue weighted by Gasteiger charge is 2.26. The van der Waals surface area contributed by atoms with Crippen LogP contribution in [0.3, 0.4) is 0 Å². The van der Waals surface area contributed by atoms with E-state index >= 15 is 0 Å². The normalized spacial score (nSPS) is 17.5. The molecule has 25 heavy (non-hydrogen) atoms. The maximum absolute atomic E-state index is 12.7. The van der Waals surface area contributed by atoms with Crippen LogP contribution in [0.2, 0.25) is 0 Å². The fourth-order valence-electron chi connectivity index (χ4n) is 2.88. The molecule has 0 aliphatic carbocycles. The van der Waals surface area contributed by atoms with Gasteiger partial charge < -0.3 is 19.5 Å². The molecule has 1 aromatic rings. The maximum atomic E-state index is 12.7. The summed E-state index contributed by atoms with van der Waals surface area (Å²) in [6.07, 6.45) is 3.06. The first-order valence-electron chi connectivity index (χ1n) is 8.02. The van der Waals surface area contributed by atoms with Crippen LogP contribution in [0.1, 0.15) is 19.3 Å². The zero-order valence-corrected chi connectivity index (χ0v) is 16.5. The Labute approximate surface area is 155 Å². The van der Waals surface area contributed by atoms with Gasteiger partial charge in [-0.2, -0.15) is 0 Å². The van der Waals surface area contributed by atoms with Gasteiger partial charge in [-0.15, -0.1) is 12.4 Å². The van der Waals surface area contributed by atoms with E-state index in [4.69, 9.17) is 14.2 Å². The zero-order valence-electron chi connectivity index (χ0n) is 14.8. The molecule has 1 aliphatic rings. The van der Waals surface area contributed by atoms with E-state index in [1.165, 1.54) is 33.5 Å². The molecule has 9 heteroatoms. The van der Waals surface area contributed by atoms with Crippen LogP contribution in [0.5, 0.6) is 17.2 Å². The second-order valence-corrected chi connectivity index (χ2v) is 7.46. The highest BCUT2D eigenvalue weighted by atomic mass is 35.5. The summed E-state index contributed by atoms with van der Waals surface area (Å²) in [6, 6.07) is 3.06. The summed E-state index contributed by atoms with van der Waals surface area (Å²) in [5.41, 5.74) is 0. The molecule has 1 atom stereocenters. The molecule has 1 fully saturated rings. The van der Waals surface area contributed by atoms with Gasteiger partial charge in [-0.05, 0) is 38.3 Å². The van der Waals surface area contributed by atoms with Crippen LogP contribution in [0.4, 0.5) is 0 Å². The number of hydrogen-bond donors (Lipinski definition) is 2. The molecule has 2 rings (SSSR count). The van der Waals surface area contributed by atoms with Crippen LogP contribution >= 0.6 is 12.4 Å². The Bertz CT molecular complexity index is 623. The number of piperidine rings is 1. The Balaban J connectivity index is 0.00000312. The average molecular weight is 395 g/mol. The van der Waals surface area contributed by atoms with E-state index in [0.717, 1.165) is 32.4 Å². The van der Waals surface area contributed by atoms with Crippen molar-refractivity contribution in [3.63, 3.8) is 0 Å². The largest absolute Gasteiger partial charge is 0.496 e. The third-order valence-corrected chi connectivity index (χ3v) is 5.71. The number of nitrogens with one attached hydrogen (secondary N) is 2. The van der Waals surface area contributed by atoms with E-state index in [9.17, 15) is 8.42 Å². The number of sulfonamides is 1. The Morgan fingerprint density at radius 2 is 1.80 bits per heavy atom. The second kappa shape index (κ2) is 10.1. The molecular weight excluding hydrogens is 368 g/mol. The van der Waals surface area contributed by atoms with Gasteiger partial charge in [0.15, 0.2) is 4.90 Å². The Kier molecular flexibility index (Phi) is 8.78. The molecule has 0 bridgehead atoms. The smallest absolute Gasteiger partial charge is 0.247 e. The molecule has 0 aromatic heterocycles. The lowest BCUT2D eigenvalue weighted by Gasteiger charge is -2.22. The molecule has 1 aliphatic heterocycles. The van der Waals surface area contributed by atoms with Crippen molar-refractivity contribution in [2.45, 2.75) is 24.2 Å². The standard InChI is InChI=1S/C16H26N2O5S.ClH/c1-21-13-9-14(22-2)16(15(10-13)23-3)24(19,20)18-8-6-12-5-4-7-17-11-12;/h9-10,12,17-18H,4-8,11H2,1-3H3;1H. The van der Waals surface area contributed by atoms with E-state index in [0.29, 0.717) is 18.2 Å².